The van der Waals surface area contributed by atoms with Crippen LogP contribution in [0.4, 0.5) is 10.5 Å². The van der Waals surface area contributed by atoms with Gasteiger partial charge in [-0.25, -0.2) is 4.79 Å². The van der Waals surface area contributed by atoms with Crippen molar-refractivity contribution < 1.29 is 19.1 Å². The zero-order valence-corrected chi connectivity index (χ0v) is 20.9. The average Bonchev–Trinajstić information content (AvgIpc) is 3.53. The molecule has 0 saturated carbocycles. The first kappa shape index (κ1) is 24.3. The molecule has 1 N–H and O–H groups in total. The Balaban J connectivity index is 1.23. The number of carbonyl (C=O) groups excluding carboxylic acids is 2. The fraction of sp³-hybridized carbons (Fsp3) is 0.464. The van der Waals surface area contributed by atoms with Crippen molar-refractivity contribution in [2.75, 3.05) is 45.2 Å². The molecule has 1 atom stereocenters. The maximum atomic E-state index is 13.4. The Kier molecular flexibility index (Phi) is 6.69. The van der Waals surface area contributed by atoms with Crippen molar-refractivity contribution in [1.29, 1.82) is 5.26 Å². The van der Waals surface area contributed by atoms with Gasteiger partial charge in [0.05, 0.1) is 30.4 Å². The Morgan fingerprint density at radius 2 is 2.03 bits per heavy atom. The number of amides is 3. The highest BCUT2D eigenvalue weighted by molar-refractivity contribution is 5.97. The van der Waals surface area contributed by atoms with E-state index in [1.807, 2.05) is 42.2 Å². The van der Waals surface area contributed by atoms with Gasteiger partial charge in [0.1, 0.15) is 0 Å². The summed E-state index contributed by atoms with van der Waals surface area (Å²) < 4.78 is 11.6. The molecule has 1 spiro atoms. The van der Waals surface area contributed by atoms with Gasteiger partial charge < -0.3 is 24.6 Å². The van der Waals surface area contributed by atoms with Gasteiger partial charge in [0.25, 0.3) is 5.91 Å². The van der Waals surface area contributed by atoms with Gasteiger partial charge in [-0.3, -0.25) is 4.79 Å². The van der Waals surface area contributed by atoms with E-state index in [2.05, 4.69) is 11.4 Å². The lowest BCUT2D eigenvalue weighted by Gasteiger charge is -2.39. The number of benzene rings is 2. The number of likely N-dealkylation sites (tertiary alicyclic amines) is 1. The molecule has 0 aliphatic carbocycles. The molecular weight excluding hydrogens is 456 g/mol. The first-order valence-corrected chi connectivity index (χ1v) is 12.6. The Morgan fingerprint density at radius 1 is 1.22 bits per heavy atom. The van der Waals surface area contributed by atoms with Crippen molar-refractivity contribution in [2.24, 2.45) is 5.92 Å². The van der Waals surface area contributed by atoms with E-state index in [-0.39, 0.29) is 17.5 Å². The van der Waals surface area contributed by atoms with Gasteiger partial charge in [0, 0.05) is 50.5 Å². The van der Waals surface area contributed by atoms with Crippen molar-refractivity contribution >= 4 is 17.6 Å². The number of anilines is 1. The van der Waals surface area contributed by atoms with Crippen LogP contribution in [0.1, 0.15) is 51.9 Å². The Morgan fingerprint density at radius 3 is 2.75 bits per heavy atom. The molecule has 2 aromatic carbocycles. The highest BCUT2D eigenvalue weighted by Gasteiger charge is 2.43. The minimum absolute atomic E-state index is 0.0464. The van der Waals surface area contributed by atoms with Crippen LogP contribution < -0.4 is 5.32 Å². The van der Waals surface area contributed by atoms with E-state index >= 15 is 0 Å². The highest BCUT2D eigenvalue weighted by atomic mass is 16.5. The molecule has 5 rings (SSSR count). The Bertz CT molecular complexity index is 1210. The molecule has 2 saturated heterocycles. The number of hydrogen-bond donors (Lipinski definition) is 1. The number of piperidine rings is 1. The number of nitrogens with zero attached hydrogens (tertiary/aromatic N) is 3. The van der Waals surface area contributed by atoms with Crippen LogP contribution in [0.25, 0.3) is 0 Å². The van der Waals surface area contributed by atoms with Crippen LogP contribution in [0.15, 0.2) is 36.4 Å². The molecule has 2 fully saturated rings. The van der Waals surface area contributed by atoms with Crippen molar-refractivity contribution in [3.8, 4) is 6.07 Å². The molecule has 8 heteroatoms. The van der Waals surface area contributed by atoms with Gasteiger partial charge in [0.15, 0.2) is 0 Å². The molecule has 36 heavy (non-hydrogen) atoms. The maximum absolute atomic E-state index is 13.4. The zero-order chi connectivity index (χ0) is 25.3. The highest BCUT2D eigenvalue weighted by Crippen LogP contribution is 2.44. The number of aryl methyl sites for hydroxylation is 1. The number of hydrogen-bond acceptors (Lipinski definition) is 5. The minimum Gasteiger partial charge on any atom is -0.381 e. The molecule has 188 valence electrons. The second-order valence-corrected chi connectivity index (χ2v) is 10.1. The fourth-order valence-corrected chi connectivity index (χ4v) is 5.49. The summed E-state index contributed by atoms with van der Waals surface area (Å²) in [6.45, 7) is 5.67. The normalized spacial score (nSPS) is 20.1. The molecule has 1 unspecified atom stereocenters. The molecule has 2 aromatic rings. The lowest BCUT2D eigenvalue weighted by atomic mass is 9.83. The van der Waals surface area contributed by atoms with Crippen LogP contribution in [-0.4, -0.2) is 61.6 Å². The summed E-state index contributed by atoms with van der Waals surface area (Å²) in [7, 11) is 1.78. The predicted molar refractivity (Wildman–Crippen MR) is 135 cm³/mol. The van der Waals surface area contributed by atoms with E-state index in [9.17, 15) is 14.9 Å². The van der Waals surface area contributed by atoms with E-state index in [4.69, 9.17) is 9.47 Å². The van der Waals surface area contributed by atoms with Crippen LogP contribution in [0.3, 0.4) is 0 Å². The van der Waals surface area contributed by atoms with E-state index in [1.165, 1.54) is 0 Å². The number of nitriles is 1. The summed E-state index contributed by atoms with van der Waals surface area (Å²) in [5, 5.41) is 12.2. The quantitative estimate of drug-likeness (QED) is 0.701. The fourth-order valence-electron chi connectivity index (χ4n) is 5.49. The topological polar surface area (TPSA) is 94.9 Å². The summed E-state index contributed by atoms with van der Waals surface area (Å²) in [5.74, 6) is 0.316. The lowest BCUT2D eigenvalue weighted by Crippen LogP contribution is -2.45. The Labute approximate surface area is 211 Å². The average molecular weight is 489 g/mol. The SMILES string of the molecule is Cc1ccc(C(=O)N2CCC3(CC2)OCc2cc(C#N)ccc23)cc1NC(=O)N(C)CC1CCOC1. The van der Waals surface area contributed by atoms with E-state index in [1.54, 1.807) is 18.0 Å². The van der Waals surface area contributed by atoms with Crippen LogP contribution in [0, 0.1) is 24.2 Å². The number of rotatable bonds is 4. The van der Waals surface area contributed by atoms with Gasteiger partial charge in [-0.15, -0.1) is 0 Å². The summed E-state index contributed by atoms with van der Waals surface area (Å²) in [5.41, 5.74) is 4.58. The second kappa shape index (κ2) is 9.92. The van der Waals surface area contributed by atoms with Crippen LogP contribution in [0.5, 0.6) is 0 Å². The van der Waals surface area contributed by atoms with Crippen LogP contribution in [-0.2, 0) is 21.7 Å². The molecule has 0 aromatic heterocycles. The number of fused-ring (bicyclic) bond motifs is 2. The smallest absolute Gasteiger partial charge is 0.321 e. The van der Waals surface area contributed by atoms with Crippen molar-refractivity contribution in [3.63, 3.8) is 0 Å². The van der Waals surface area contributed by atoms with Crippen molar-refractivity contribution in [1.82, 2.24) is 9.80 Å². The standard InChI is InChI=1S/C28H32N4O4/c1-19-3-5-22(14-25(19)30-27(34)31(2)16-21-7-12-35-17-21)26(33)32-10-8-28(9-11-32)24-6-4-20(15-29)13-23(24)18-36-28/h3-6,13-14,21H,7-12,16-18H2,1-2H3,(H,30,34). The first-order chi connectivity index (χ1) is 17.4. The molecule has 0 bridgehead atoms. The van der Waals surface area contributed by atoms with E-state index in [0.717, 1.165) is 29.7 Å². The Hall–Kier alpha value is -3.41. The van der Waals surface area contributed by atoms with E-state index in [0.29, 0.717) is 68.4 Å². The van der Waals surface area contributed by atoms with Crippen LogP contribution in [0.2, 0.25) is 0 Å². The number of carbonyl (C=O) groups is 2. The number of urea groups is 1. The third kappa shape index (κ3) is 4.69. The number of nitrogens with one attached hydrogen (secondary N) is 1. The zero-order valence-electron chi connectivity index (χ0n) is 20.9. The summed E-state index contributed by atoms with van der Waals surface area (Å²) in [6, 6.07) is 13.2. The molecule has 8 nitrogen and oxygen atoms in total. The molecule has 3 aliphatic rings. The van der Waals surface area contributed by atoms with Crippen LogP contribution >= 0.6 is 0 Å². The monoisotopic (exact) mass is 488 g/mol. The molecule has 0 radical (unpaired) electrons. The lowest BCUT2D eigenvalue weighted by molar-refractivity contribution is -0.0741. The first-order valence-electron chi connectivity index (χ1n) is 12.6. The second-order valence-electron chi connectivity index (χ2n) is 10.1. The molecule has 3 heterocycles. The third-order valence-electron chi connectivity index (χ3n) is 7.72. The van der Waals surface area contributed by atoms with E-state index < -0.39 is 0 Å². The maximum Gasteiger partial charge on any atom is 0.321 e. The molecule has 3 aliphatic heterocycles. The van der Waals surface area contributed by atoms with Gasteiger partial charge in [-0.1, -0.05) is 12.1 Å². The van der Waals surface area contributed by atoms with Crippen molar-refractivity contribution in [2.45, 2.75) is 38.4 Å². The van der Waals surface area contributed by atoms with Crippen molar-refractivity contribution in [3.05, 3.63) is 64.2 Å². The summed E-state index contributed by atoms with van der Waals surface area (Å²) in [4.78, 5) is 29.7. The predicted octanol–water partition coefficient (Wildman–Crippen LogP) is 4.03. The van der Waals surface area contributed by atoms with Gasteiger partial charge >= 0.3 is 6.03 Å². The molecular formula is C28H32N4O4. The van der Waals surface area contributed by atoms with Gasteiger partial charge in [-0.05, 0) is 67.1 Å². The third-order valence-corrected chi connectivity index (χ3v) is 7.72. The largest absolute Gasteiger partial charge is 0.381 e. The summed E-state index contributed by atoms with van der Waals surface area (Å²) >= 11 is 0. The molecule has 3 amide bonds. The van der Waals surface area contributed by atoms with Gasteiger partial charge in [-0.2, -0.15) is 5.26 Å². The van der Waals surface area contributed by atoms with Gasteiger partial charge in [0.2, 0.25) is 0 Å². The number of ether oxygens (including phenoxy) is 2. The summed E-state index contributed by atoms with van der Waals surface area (Å²) in [6.07, 6.45) is 2.39. The minimum atomic E-state index is -0.387.